The fourth-order valence-corrected chi connectivity index (χ4v) is 3.05. The van der Waals surface area contributed by atoms with Crippen molar-refractivity contribution >= 4 is 11.8 Å². The Kier molecular flexibility index (Phi) is 7.05. The molecule has 6 heteroatoms. The number of carbonyl (C=O) groups excluding carboxylic acids is 2. The maximum absolute atomic E-state index is 12.7. The van der Waals surface area contributed by atoms with Crippen LogP contribution in [0.2, 0.25) is 0 Å². The Morgan fingerprint density at radius 2 is 1.53 bits per heavy atom. The number of amides is 2. The number of carbonyl (C=O) groups is 2. The van der Waals surface area contributed by atoms with Gasteiger partial charge in [-0.3, -0.25) is 20.4 Å². The van der Waals surface area contributed by atoms with E-state index in [1.807, 2.05) is 49.4 Å². The first kappa shape index (κ1) is 20.9. The van der Waals surface area contributed by atoms with E-state index >= 15 is 0 Å². The van der Waals surface area contributed by atoms with Crippen LogP contribution in [0.3, 0.4) is 0 Å². The summed E-state index contributed by atoms with van der Waals surface area (Å²) in [6.07, 6.45) is 0.620. The summed E-state index contributed by atoms with van der Waals surface area (Å²) in [6, 6.07) is 22.1. The molecular weight excluding hydrogens is 380 g/mol. The second kappa shape index (κ2) is 10.1. The van der Waals surface area contributed by atoms with Crippen molar-refractivity contribution in [2.45, 2.75) is 13.3 Å². The van der Waals surface area contributed by atoms with Crippen molar-refractivity contribution in [3.8, 4) is 11.5 Å². The SMILES string of the molecule is CCOc1ccc(C(=O)NNC(=O)c2ccccc2Cc2ccccc2)cc1OC. The quantitative estimate of drug-likeness (QED) is 0.588. The van der Waals surface area contributed by atoms with Gasteiger partial charge in [-0.05, 0) is 48.7 Å². The molecule has 0 aliphatic heterocycles. The van der Waals surface area contributed by atoms with Crippen LogP contribution in [-0.4, -0.2) is 25.5 Å². The first-order chi connectivity index (χ1) is 14.6. The van der Waals surface area contributed by atoms with Crippen molar-refractivity contribution < 1.29 is 19.1 Å². The van der Waals surface area contributed by atoms with Gasteiger partial charge in [-0.25, -0.2) is 0 Å². The van der Waals surface area contributed by atoms with E-state index in [0.717, 1.165) is 11.1 Å². The Morgan fingerprint density at radius 1 is 0.833 bits per heavy atom. The standard InChI is InChI=1S/C24H24N2O4/c1-3-30-21-14-13-19(16-22(21)29-2)23(27)25-26-24(28)20-12-8-7-11-18(20)15-17-9-5-4-6-10-17/h4-14,16H,3,15H2,1-2H3,(H,25,27)(H,26,28). The molecule has 0 saturated heterocycles. The minimum Gasteiger partial charge on any atom is -0.493 e. The zero-order chi connectivity index (χ0) is 21.3. The first-order valence-electron chi connectivity index (χ1n) is 9.65. The summed E-state index contributed by atoms with van der Waals surface area (Å²) in [5, 5.41) is 0. The van der Waals surface area contributed by atoms with Gasteiger partial charge in [0.1, 0.15) is 0 Å². The van der Waals surface area contributed by atoms with Gasteiger partial charge in [0.2, 0.25) is 0 Å². The summed E-state index contributed by atoms with van der Waals surface area (Å²) in [5.41, 5.74) is 7.77. The van der Waals surface area contributed by atoms with Crippen LogP contribution in [-0.2, 0) is 6.42 Å². The molecule has 2 amide bonds. The van der Waals surface area contributed by atoms with Gasteiger partial charge in [-0.2, -0.15) is 0 Å². The largest absolute Gasteiger partial charge is 0.493 e. The van der Waals surface area contributed by atoms with Crippen LogP contribution < -0.4 is 20.3 Å². The van der Waals surface area contributed by atoms with Crippen LogP contribution >= 0.6 is 0 Å². The topological polar surface area (TPSA) is 76.7 Å². The second-order valence-corrected chi connectivity index (χ2v) is 6.53. The zero-order valence-electron chi connectivity index (χ0n) is 17.0. The van der Waals surface area contributed by atoms with Crippen molar-refractivity contribution in [2.75, 3.05) is 13.7 Å². The molecule has 2 N–H and O–H groups in total. The monoisotopic (exact) mass is 404 g/mol. The molecule has 0 aliphatic rings. The lowest BCUT2D eigenvalue weighted by atomic mass is 9.99. The fourth-order valence-electron chi connectivity index (χ4n) is 3.05. The second-order valence-electron chi connectivity index (χ2n) is 6.53. The Hall–Kier alpha value is -3.80. The summed E-state index contributed by atoms with van der Waals surface area (Å²) in [4.78, 5) is 25.2. The molecular formula is C24H24N2O4. The summed E-state index contributed by atoms with van der Waals surface area (Å²) >= 11 is 0. The molecule has 0 radical (unpaired) electrons. The third-order valence-corrected chi connectivity index (χ3v) is 4.51. The Balaban J connectivity index is 1.68. The van der Waals surface area contributed by atoms with E-state index < -0.39 is 5.91 Å². The van der Waals surface area contributed by atoms with Gasteiger partial charge in [0.05, 0.1) is 13.7 Å². The number of hydrogen-bond donors (Lipinski definition) is 2. The highest BCUT2D eigenvalue weighted by molar-refractivity contribution is 6.00. The third kappa shape index (κ3) is 5.17. The molecule has 3 aromatic carbocycles. The highest BCUT2D eigenvalue weighted by atomic mass is 16.5. The first-order valence-corrected chi connectivity index (χ1v) is 9.65. The van der Waals surface area contributed by atoms with Crippen LogP contribution in [0.1, 0.15) is 38.8 Å². The summed E-state index contributed by atoms with van der Waals surface area (Å²) in [6.45, 7) is 2.35. The van der Waals surface area contributed by atoms with E-state index in [1.165, 1.54) is 7.11 Å². The molecule has 0 atom stereocenters. The lowest BCUT2D eigenvalue weighted by molar-refractivity contribution is 0.0846. The van der Waals surface area contributed by atoms with Crippen LogP contribution in [0.4, 0.5) is 0 Å². The van der Waals surface area contributed by atoms with Gasteiger partial charge in [-0.15, -0.1) is 0 Å². The molecule has 0 spiro atoms. The van der Waals surface area contributed by atoms with Crippen LogP contribution in [0.25, 0.3) is 0 Å². The van der Waals surface area contributed by atoms with Crippen molar-refractivity contribution in [3.05, 3.63) is 95.1 Å². The Labute approximate surface area is 175 Å². The van der Waals surface area contributed by atoms with Gasteiger partial charge in [-0.1, -0.05) is 48.5 Å². The molecule has 0 unspecified atom stereocenters. The fraction of sp³-hybridized carbons (Fsp3) is 0.167. The number of ether oxygens (including phenoxy) is 2. The number of methoxy groups -OCH3 is 1. The number of nitrogens with one attached hydrogen (secondary N) is 2. The number of hydrogen-bond acceptors (Lipinski definition) is 4. The summed E-state index contributed by atoms with van der Waals surface area (Å²) in [7, 11) is 1.50. The lowest BCUT2D eigenvalue weighted by Gasteiger charge is -2.13. The molecule has 3 aromatic rings. The van der Waals surface area contributed by atoms with Crippen LogP contribution in [0, 0.1) is 0 Å². The molecule has 154 valence electrons. The minimum absolute atomic E-state index is 0.341. The molecule has 0 bridgehead atoms. The Morgan fingerprint density at radius 3 is 2.27 bits per heavy atom. The van der Waals surface area contributed by atoms with Gasteiger partial charge < -0.3 is 9.47 Å². The van der Waals surface area contributed by atoms with E-state index in [-0.39, 0.29) is 5.91 Å². The summed E-state index contributed by atoms with van der Waals surface area (Å²) in [5.74, 6) is 0.164. The van der Waals surface area contributed by atoms with Crippen molar-refractivity contribution in [1.29, 1.82) is 0 Å². The number of rotatable bonds is 7. The lowest BCUT2D eigenvalue weighted by Crippen LogP contribution is -2.42. The molecule has 0 heterocycles. The normalized spacial score (nSPS) is 10.2. The van der Waals surface area contributed by atoms with E-state index in [0.29, 0.717) is 35.7 Å². The third-order valence-electron chi connectivity index (χ3n) is 4.51. The zero-order valence-corrected chi connectivity index (χ0v) is 17.0. The average Bonchev–Trinajstić information content (AvgIpc) is 2.78. The summed E-state index contributed by atoms with van der Waals surface area (Å²) < 4.78 is 10.7. The van der Waals surface area contributed by atoms with E-state index in [2.05, 4.69) is 10.9 Å². The van der Waals surface area contributed by atoms with Crippen molar-refractivity contribution in [2.24, 2.45) is 0 Å². The van der Waals surface area contributed by atoms with Crippen LogP contribution in [0.5, 0.6) is 11.5 Å². The predicted molar refractivity (Wildman–Crippen MR) is 115 cm³/mol. The van der Waals surface area contributed by atoms with Gasteiger partial charge >= 0.3 is 0 Å². The molecule has 3 rings (SSSR count). The number of benzene rings is 3. The van der Waals surface area contributed by atoms with E-state index in [9.17, 15) is 9.59 Å². The Bertz CT molecular complexity index is 1020. The average molecular weight is 404 g/mol. The maximum atomic E-state index is 12.7. The van der Waals surface area contributed by atoms with Crippen molar-refractivity contribution in [3.63, 3.8) is 0 Å². The highest BCUT2D eigenvalue weighted by Crippen LogP contribution is 2.27. The van der Waals surface area contributed by atoms with E-state index in [4.69, 9.17) is 9.47 Å². The molecule has 0 aliphatic carbocycles. The molecule has 0 fully saturated rings. The van der Waals surface area contributed by atoms with E-state index in [1.54, 1.807) is 30.3 Å². The van der Waals surface area contributed by atoms with Gasteiger partial charge in [0.25, 0.3) is 11.8 Å². The highest BCUT2D eigenvalue weighted by Gasteiger charge is 2.14. The van der Waals surface area contributed by atoms with Crippen LogP contribution in [0.15, 0.2) is 72.8 Å². The molecule has 0 saturated carbocycles. The van der Waals surface area contributed by atoms with Gasteiger partial charge in [0, 0.05) is 11.1 Å². The predicted octanol–water partition coefficient (Wildman–Crippen LogP) is 3.76. The molecule has 30 heavy (non-hydrogen) atoms. The molecule has 6 nitrogen and oxygen atoms in total. The van der Waals surface area contributed by atoms with Crippen molar-refractivity contribution in [1.82, 2.24) is 10.9 Å². The minimum atomic E-state index is -0.453. The number of hydrazine groups is 1. The molecule has 0 aromatic heterocycles. The maximum Gasteiger partial charge on any atom is 0.269 e. The van der Waals surface area contributed by atoms with Gasteiger partial charge in [0.15, 0.2) is 11.5 Å². The smallest absolute Gasteiger partial charge is 0.269 e.